The Morgan fingerprint density at radius 1 is 1.10 bits per heavy atom. The van der Waals surface area contributed by atoms with Crippen LogP contribution in [0.25, 0.3) is 0 Å². The van der Waals surface area contributed by atoms with Crippen molar-refractivity contribution in [2.75, 3.05) is 7.05 Å². The Bertz CT molecular complexity index is 968. The van der Waals surface area contributed by atoms with Crippen molar-refractivity contribution in [2.45, 2.75) is 44.0 Å². The van der Waals surface area contributed by atoms with Crippen LogP contribution in [0.4, 0.5) is 0 Å². The zero-order valence-corrected chi connectivity index (χ0v) is 16.3. The van der Waals surface area contributed by atoms with E-state index in [4.69, 9.17) is 5.26 Å². The summed E-state index contributed by atoms with van der Waals surface area (Å²) in [6.45, 7) is 0.408. The summed E-state index contributed by atoms with van der Waals surface area (Å²) in [5.41, 5.74) is 2.49. The topological polar surface area (TPSA) is 84.6 Å². The molecule has 4 rings (SSSR count). The summed E-state index contributed by atoms with van der Waals surface area (Å²) >= 11 is 0. The van der Waals surface area contributed by atoms with Crippen LogP contribution in [0, 0.1) is 11.3 Å². The lowest BCUT2D eigenvalue weighted by Gasteiger charge is -2.54. The van der Waals surface area contributed by atoms with Crippen LogP contribution in [-0.2, 0) is 6.54 Å². The average Bonchev–Trinajstić information content (AvgIpc) is 2.73. The van der Waals surface area contributed by atoms with Crippen molar-refractivity contribution in [3.05, 3.63) is 70.8 Å². The summed E-state index contributed by atoms with van der Waals surface area (Å²) in [5.74, 6) is -0.142. The number of amides is 2. The van der Waals surface area contributed by atoms with Crippen LogP contribution in [0.15, 0.2) is 48.5 Å². The Morgan fingerprint density at radius 3 is 2.45 bits per heavy atom. The molecule has 6 heteroatoms. The van der Waals surface area contributed by atoms with E-state index in [2.05, 4.69) is 0 Å². The van der Waals surface area contributed by atoms with E-state index in [1.807, 2.05) is 23.1 Å². The minimum Gasteiger partial charge on any atom is -0.393 e. The number of carbonyl (C=O) groups excluding carboxylic acids is 2. The number of nitrogens with zero attached hydrogens (tertiary/aromatic N) is 3. The molecule has 6 nitrogen and oxygen atoms in total. The summed E-state index contributed by atoms with van der Waals surface area (Å²) in [6, 6.07) is 16.3. The quantitative estimate of drug-likeness (QED) is 0.871. The second-order valence-corrected chi connectivity index (χ2v) is 7.93. The van der Waals surface area contributed by atoms with Gasteiger partial charge in [0.1, 0.15) is 0 Å². The molecule has 1 N–H and O–H groups in total. The smallest absolute Gasteiger partial charge is 0.254 e. The molecule has 2 heterocycles. The van der Waals surface area contributed by atoms with E-state index in [9.17, 15) is 14.7 Å². The van der Waals surface area contributed by atoms with Gasteiger partial charge < -0.3 is 14.9 Å². The summed E-state index contributed by atoms with van der Waals surface area (Å²) in [5, 5.41) is 18.8. The van der Waals surface area contributed by atoms with Gasteiger partial charge in [-0.1, -0.05) is 18.2 Å². The monoisotopic (exact) mass is 389 g/mol. The van der Waals surface area contributed by atoms with Crippen LogP contribution in [-0.4, -0.2) is 52.0 Å². The molecule has 0 aliphatic carbocycles. The van der Waals surface area contributed by atoms with Gasteiger partial charge in [0, 0.05) is 36.8 Å². The zero-order chi connectivity index (χ0) is 20.5. The number of aliphatic hydroxyl groups is 1. The predicted octanol–water partition coefficient (Wildman–Crippen LogP) is 2.57. The van der Waals surface area contributed by atoms with Crippen molar-refractivity contribution in [1.82, 2.24) is 9.80 Å². The lowest BCUT2D eigenvalue weighted by Crippen LogP contribution is -2.63. The molecule has 0 aromatic heterocycles. The molecular weight excluding hydrogens is 366 g/mol. The fourth-order valence-corrected chi connectivity index (χ4v) is 4.37. The largest absolute Gasteiger partial charge is 0.393 e. The van der Waals surface area contributed by atoms with Gasteiger partial charge in [0.2, 0.25) is 0 Å². The third-order valence-corrected chi connectivity index (χ3v) is 5.86. The van der Waals surface area contributed by atoms with Crippen molar-refractivity contribution in [3.63, 3.8) is 0 Å². The molecule has 2 amide bonds. The van der Waals surface area contributed by atoms with E-state index in [-0.39, 0.29) is 30.0 Å². The molecule has 2 fully saturated rings. The van der Waals surface area contributed by atoms with Crippen LogP contribution < -0.4 is 0 Å². The highest BCUT2D eigenvalue weighted by molar-refractivity contribution is 5.95. The molecule has 2 atom stereocenters. The van der Waals surface area contributed by atoms with Gasteiger partial charge in [-0.25, -0.2) is 0 Å². The van der Waals surface area contributed by atoms with E-state index < -0.39 is 0 Å². The number of carbonyl (C=O) groups is 2. The van der Waals surface area contributed by atoms with E-state index in [1.54, 1.807) is 48.3 Å². The molecule has 148 valence electrons. The molecule has 0 spiro atoms. The first-order valence-electron chi connectivity index (χ1n) is 9.81. The number of nitriles is 1. The number of hydrogen-bond acceptors (Lipinski definition) is 4. The third-order valence-electron chi connectivity index (χ3n) is 5.86. The summed E-state index contributed by atoms with van der Waals surface area (Å²) in [6.07, 6.45) is 2.04. The van der Waals surface area contributed by atoms with Gasteiger partial charge in [-0.2, -0.15) is 5.26 Å². The minimum absolute atomic E-state index is 0.0162. The van der Waals surface area contributed by atoms with E-state index in [1.165, 1.54) is 0 Å². The SMILES string of the molecule is CN(Cc1ccc(C(=O)N2C3CC(O)CC2C3)cc1)C(=O)c1cccc(C#N)c1. The normalized spacial score (nSPS) is 22.4. The molecule has 2 aliphatic rings. The Balaban J connectivity index is 1.40. The maximum atomic E-state index is 12.8. The number of benzene rings is 2. The highest BCUT2D eigenvalue weighted by atomic mass is 16.3. The van der Waals surface area contributed by atoms with Crippen LogP contribution in [0.3, 0.4) is 0 Å². The number of fused-ring (bicyclic) bond motifs is 2. The first-order chi connectivity index (χ1) is 14.0. The molecule has 0 radical (unpaired) electrons. The van der Waals surface area contributed by atoms with Gasteiger partial charge in [-0.3, -0.25) is 9.59 Å². The zero-order valence-electron chi connectivity index (χ0n) is 16.3. The predicted molar refractivity (Wildman–Crippen MR) is 107 cm³/mol. The van der Waals surface area contributed by atoms with Crippen LogP contribution in [0.1, 0.15) is 51.1 Å². The third kappa shape index (κ3) is 3.74. The fourth-order valence-electron chi connectivity index (χ4n) is 4.37. The molecule has 0 saturated carbocycles. The van der Waals surface area contributed by atoms with E-state index in [0.717, 1.165) is 12.0 Å². The first-order valence-corrected chi connectivity index (χ1v) is 9.81. The van der Waals surface area contributed by atoms with Crippen LogP contribution >= 0.6 is 0 Å². The second-order valence-electron chi connectivity index (χ2n) is 7.93. The second kappa shape index (κ2) is 7.69. The van der Waals surface area contributed by atoms with Crippen LogP contribution in [0.5, 0.6) is 0 Å². The molecule has 2 saturated heterocycles. The maximum Gasteiger partial charge on any atom is 0.254 e. The van der Waals surface area contributed by atoms with E-state index in [0.29, 0.717) is 36.1 Å². The Labute approximate surface area is 170 Å². The molecule has 2 aliphatic heterocycles. The Hall–Kier alpha value is -3.17. The lowest BCUT2D eigenvalue weighted by atomic mass is 9.77. The van der Waals surface area contributed by atoms with E-state index >= 15 is 0 Å². The number of piperidine rings is 1. The number of rotatable bonds is 4. The van der Waals surface area contributed by atoms with Crippen LogP contribution in [0.2, 0.25) is 0 Å². The number of aliphatic hydroxyl groups excluding tert-OH is 1. The van der Waals surface area contributed by atoms with Gasteiger partial charge in [-0.05, 0) is 55.2 Å². The molecule has 2 bridgehead atoms. The summed E-state index contributed by atoms with van der Waals surface area (Å²) < 4.78 is 0. The Morgan fingerprint density at radius 2 is 1.79 bits per heavy atom. The van der Waals surface area contributed by atoms with Crippen molar-refractivity contribution in [1.29, 1.82) is 5.26 Å². The molecule has 2 unspecified atom stereocenters. The van der Waals surface area contributed by atoms with Crippen molar-refractivity contribution in [2.24, 2.45) is 0 Å². The van der Waals surface area contributed by atoms with Gasteiger partial charge in [0.05, 0.1) is 17.7 Å². The fraction of sp³-hybridized carbons (Fsp3) is 0.348. The maximum absolute atomic E-state index is 12.8. The average molecular weight is 389 g/mol. The summed E-state index contributed by atoms with van der Waals surface area (Å²) in [7, 11) is 1.72. The highest BCUT2D eigenvalue weighted by Gasteiger charge is 2.47. The molecule has 29 heavy (non-hydrogen) atoms. The minimum atomic E-state index is -0.285. The molecular formula is C23H23N3O3. The van der Waals surface area contributed by atoms with Gasteiger partial charge in [0.15, 0.2) is 0 Å². The lowest BCUT2D eigenvalue weighted by molar-refractivity contribution is -0.0596. The highest BCUT2D eigenvalue weighted by Crippen LogP contribution is 2.39. The van der Waals surface area contributed by atoms with Crippen molar-refractivity contribution < 1.29 is 14.7 Å². The van der Waals surface area contributed by atoms with Crippen molar-refractivity contribution in [3.8, 4) is 6.07 Å². The summed E-state index contributed by atoms with van der Waals surface area (Å²) in [4.78, 5) is 28.9. The van der Waals surface area contributed by atoms with Gasteiger partial charge in [-0.15, -0.1) is 0 Å². The van der Waals surface area contributed by atoms with Crippen molar-refractivity contribution >= 4 is 11.8 Å². The number of hydrogen-bond donors (Lipinski definition) is 1. The standard InChI is InChI=1S/C23H23N3O3/c1-25(22(28)18-4-2-3-16(9-18)13-24)14-15-5-7-17(8-6-15)23(29)26-19-10-20(26)12-21(27)11-19/h2-9,19-21,27H,10-12,14H2,1H3. The first kappa shape index (κ1) is 19.2. The Kier molecular flexibility index (Phi) is 5.08. The van der Waals surface area contributed by atoms with Gasteiger partial charge >= 0.3 is 0 Å². The molecule has 2 aromatic carbocycles. The van der Waals surface area contributed by atoms with Gasteiger partial charge in [0.25, 0.3) is 11.8 Å². The molecule has 2 aromatic rings.